The summed E-state index contributed by atoms with van der Waals surface area (Å²) in [6, 6.07) is 10.6. The van der Waals surface area contributed by atoms with Gasteiger partial charge in [-0.25, -0.2) is 0 Å². The largest absolute Gasteiger partial charge is 0.494 e. The minimum atomic E-state index is -0.141. The van der Waals surface area contributed by atoms with E-state index < -0.39 is 0 Å². The maximum absolute atomic E-state index is 10.3. The zero-order valence-corrected chi connectivity index (χ0v) is 18.7. The van der Waals surface area contributed by atoms with Crippen molar-refractivity contribution in [2.75, 3.05) is 7.11 Å². The number of ether oxygens (including phenoxy) is 1. The molecule has 3 heterocycles. The number of aromatic nitrogens is 3. The Morgan fingerprint density at radius 1 is 1.10 bits per heavy atom. The molecule has 0 radical (unpaired) electrons. The van der Waals surface area contributed by atoms with Gasteiger partial charge in [0.25, 0.3) is 0 Å². The van der Waals surface area contributed by atoms with Crippen LogP contribution in [-0.2, 0) is 6.61 Å². The Morgan fingerprint density at radius 2 is 1.87 bits per heavy atom. The Hall–Kier alpha value is -3.38. The van der Waals surface area contributed by atoms with E-state index in [4.69, 9.17) is 4.74 Å². The molecule has 0 aliphatic rings. The highest BCUT2D eigenvalue weighted by Gasteiger charge is 2.13. The Balaban J connectivity index is 2.15. The summed E-state index contributed by atoms with van der Waals surface area (Å²) in [7, 11) is 1.63. The Labute approximate surface area is 181 Å². The topological polar surface area (TPSA) is 88.9 Å². The van der Waals surface area contributed by atoms with E-state index in [2.05, 4.69) is 59.2 Å². The van der Waals surface area contributed by atoms with E-state index in [9.17, 15) is 5.11 Å². The predicted octanol–water partition coefficient (Wildman–Crippen LogP) is 2.79. The zero-order chi connectivity index (χ0) is 22.1. The number of nitrogens with one attached hydrogen (secondary N) is 4. The van der Waals surface area contributed by atoms with Gasteiger partial charge in [-0.15, -0.1) is 0 Å². The van der Waals surface area contributed by atoms with Gasteiger partial charge in [-0.05, 0) is 51.5 Å². The van der Waals surface area contributed by atoms with Gasteiger partial charge in [-0.2, -0.15) is 0 Å². The van der Waals surface area contributed by atoms with Crippen molar-refractivity contribution in [2.24, 2.45) is 0 Å². The van der Waals surface area contributed by atoms with E-state index in [1.54, 1.807) is 7.11 Å². The van der Waals surface area contributed by atoms with Crippen molar-refractivity contribution in [1.29, 1.82) is 0 Å². The standard InChI is InChI=1S/C25H30N4O2/c1-14(2)26-12-18-17-8-6-7-9-20(17)28-23(18)24-19(13-30)25(31-5)22(29-24)11-21-15(3)10-16(4)27-21/h6-12,14,26-30H,13H2,1-5H3/b18-12+,22-11-,24-23-. The third-order valence-corrected chi connectivity index (χ3v) is 5.48. The fraction of sp³-hybridized carbons (Fsp3) is 0.280. The molecule has 0 atom stereocenters. The fourth-order valence-corrected chi connectivity index (χ4v) is 4.05. The molecule has 0 bridgehead atoms. The SMILES string of the molecule is COc1c(CO)/c(=c2/[nH]c3ccccc3/c2=C\NC(C)C)[nH]/c1=C\c1[nH]c(C)cc1C. The molecule has 3 aromatic heterocycles. The van der Waals surface area contributed by atoms with Gasteiger partial charge < -0.3 is 30.1 Å². The second-order valence-electron chi connectivity index (χ2n) is 8.20. The Morgan fingerprint density at radius 3 is 2.52 bits per heavy atom. The van der Waals surface area contributed by atoms with Gasteiger partial charge in [-0.1, -0.05) is 18.2 Å². The number of aromatic amines is 3. The second kappa shape index (κ2) is 8.40. The highest BCUT2D eigenvalue weighted by molar-refractivity contribution is 5.80. The van der Waals surface area contributed by atoms with Crippen molar-refractivity contribution in [3.05, 3.63) is 74.1 Å². The number of aryl methyl sites for hydroxylation is 2. The fourth-order valence-electron chi connectivity index (χ4n) is 4.05. The average molecular weight is 419 g/mol. The minimum absolute atomic E-state index is 0.141. The van der Waals surface area contributed by atoms with Crippen molar-refractivity contribution in [2.45, 2.75) is 40.3 Å². The van der Waals surface area contributed by atoms with Crippen LogP contribution in [0.1, 0.15) is 36.4 Å². The van der Waals surface area contributed by atoms with E-state index in [1.807, 2.05) is 31.3 Å². The number of rotatable bonds is 5. The molecule has 0 aliphatic carbocycles. The van der Waals surface area contributed by atoms with E-state index in [0.717, 1.165) is 54.7 Å². The molecule has 5 N–H and O–H groups in total. The summed E-state index contributed by atoms with van der Waals surface area (Å²) in [6.45, 7) is 8.18. The molecule has 0 amide bonds. The molecule has 0 unspecified atom stereocenters. The van der Waals surface area contributed by atoms with Crippen molar-refractivity contribution >= 4 is 23.2 Å². The van der Waals surface area contributed by atoms with Crippen LogP contribution in [0.3, 0.4) is 0 Å². The summed E-state index contributed by atoms with van der Waals surface area (Å²) >= 11 is 0. The number of hydrogen-bond acceptors (Lipinski definition) is 3. The highest BCUT2D eigenvalue weighted by Crippen LogP contribution is 2.17. The van der Waals surface area contributed by atoms with E-state index >= 15 is 0 Å². The summed E-state index contributed by atoms with van der Waals surface area (Å²) in [5, 5.41) is 18.4. The molecule has 0 aliphatic heterocycles. The summed E-state index contributed by atoms with van der Waals surface area (Å²) in [5.74, 6) is 0.644. The Kier molecular flexibility index (Phi) is 5.65. The lowest BCUT2D eigenvalue weighted by Crippen LogP contribution is -2.19. The number of hydrogen-bond donors (Lipinski definition) is 5. The van der Waals surface area contributed by atoms with Crippen molar-refractivity contribution in [3.63, 3.8) is 0 Å². The lowest BCUT2D eigenvalue weighted by atomic mass is 10.2. The molecule has 31 heavy (non-hydrogen) atoms. The molecule has 4 rings (SSSR count). The van der Waals surface area contributed by atoms with Crippen LogP contribution in [0.2, 0.25) is 0 Å². The summed E-state index contributed by atoms with van der Waals surface area (Å²) in [6.07, 6.45) is 4.07. The third kappa shape index (κ3) is 3.86. The maximum atomic E-state index is 10.3. The molecule has 0 saturated heterocycles. The normalized spacial score (nSPS) is 14.2. The Bertz CT molecular complexity index is 1440. The molecule has 0 spiro atoms. The lowest BCUT2D eigenvalue weighted by molar-refractivity contribution is 0.273. The lowest BCUT2D eigenvalue weighted by Gasteiger charge is -2.02. The van der Waals surface area contributed by atoms with Crippen LogP contribution in [0.4, 0.5) is 0 Å². The first-order valence-electron chi connectivity index (χ1n) is 10.5. The van der Waals surface area contributed by atoms with Crippen molar-refractivity contribution in [3.8, 4) is 5.75 Å². The van der Waals surface area contributed by atoms with E-state index in [0.29, 0.717) is 11.8 Å². The van der Waals surface area contributed by atoms with Gasteiger partial charge in [-0.3, -0.25) is 0 Å². The van der Waals surface area contributed by atoms with Gasteiger partial charge in [0.15, 0.2) is 0 Å². The summed E-state index contributed by atoms with van der Waals surface area (Å²) in [5.41, 5.74) is 5.03. The quantitative estimate of drug-likeness (QED) is 0.345. The van der Waals surface area contributed by atoms with Crippen molar-refractivity contribution < 1.29 is 9.84 Å². The minimum Gasteiger partial charge on any atom is -0.494 e. The number of aliphatic hydroxyl groups excluding tert-OH is 1. The smallest absolute Gasteiger partial charge is 0.150 e. The van der Waals surface area contributed by atoms with Gasteiger partial charge in [0.2, 0.25) is 0 Å². The average Bonchev–Trinajstić information content (AvgIpc) is 3.38. The molecule has 162 valence electrons. The third-order valence-electron chi connectivity index (χ3n) is 5.48. The first-order valence-corrected chi connectivity index (χ1v) is 10.5. The van der Waals surface area contributed by atoms with Crippen LogP contribution in [-0.4, -0.2) is 33.2 Å². The first kappa shape index (κ1) is 20.9. The van der Waals surface area contributed by atoms with E-state index in [1.165, 1.54) is 0 Å². The van der Waals surface area contributed by atoms with Crippen LogP contribution < -0.4 is 20.6 Å². The van der Waals surface area contributed by atoms with Gasteiger partial charge in [0, 0.05) is 45.3 Å². The number of aliphatic hydroxyl groups is 1. The maximum Gasteiger partial charge on any atom is 0.150 e. The molecule has 4 aromatic rings. The van der Waals surface area contributed by atoms with Crippen LogP contribution in [0.5, 0.6) is 5.75 Å². The van der Waals surface area contributed by atoms with Crippen molar-refractivity contribution in [1.82, 2.24) is 20.3 Å². The number of methoxy groups -OCH3 is 1. The molecule has 0 fully saturated rings. The molecule has 6 nitrogen and oxygen atoms in total. The molecule has 0 saturated carbocycles. The van der Waals surface area contributed by atoms with E-state index in [-0.39, 0.29) is 6.61 Å². The number of para-hydroxylation sites is 1. The zero-order valence-electron chi connectivity index (χ0n) is 18.7. The molecule has 1 aromatic carbocycles. The number of benzene rings is 1. The molecular formula is C25H30N4O2. The predicted molar refractivity (Wildman–Crippen MR) is 125 cm³/mol. The molecular weight excluding hydrogens is 388 g/mol. The molecule has 6 heteroatoms. The second-order valence-corrected chi connectivity index (χ2v) is 8.20. The highest BCUT2D eigenvalue weighted by atomic mass is 16.5. The van der Waals surface area contributed by atoms with Crippen LogP contribution in [0.25, 0.3) is 23.2 Å². The van der Waals surface area contributed by atoms with Crippen LogP contribution >= 0.6 is 0 Å². The summed E-state index contributed by atoms with van der Waals surface area (Å²) in [4.78, 5) is 10.4. The number of fused-ring (bicyclic) bond motifs is 1. The first-order chi connectivity index (χ1) is 14.9. The number of H-pyrrole nitrogens is 3. The van der Waals surface area contributed by atoms with Gasteiger partial charge in [0.05, 0.1) is 29.8 Å². The summed E-state index contributed by atoms with van der Waals surface area (Å²) < 4.78 is 5.72. The van der Waals surface area contributed by atoms with Gasteiger partial charge >= 0.3 is 0 Å². The monoisotopic (exact) mass is 418 g/mol. The van der Waals surface area contributed by atoms with Gasteiger partial charge in [0.1, 0.15) is 5.75 Å². The van der Waals surface area contributed by atoms with Crippen LogP contribution in [0.15, 0.2) is 30.3 Å². The van der Waals surface area contributed by atoms with Crippen LogP contribution in [0, 0.1) is 24.5 Å².